The quantitative estimate of drug-likeness (QED) is 0.481. The summed E-state index contributed by atoms with van der Waals surface area (Å²) in [5.41, 5.74) is 9.22. The van der Waals surface area contributed by atoms with Crippen molar-refractivity contribution in [3.8, 4) is 23.2 Å². The van der Waals surface area contributed by atoms with Crippen LogP contribution in [0.25, 0.3) is 11.4 Å². The third-order valence-corrected chi connectivity index (χ3v) is 8.33. The lowest BCUT2D eigenvalue weighted by Gasteiger charge is -2.18. The summed E-state index contributed by atoms with van der Waals surface area (Å²) in [4.78, 5) is 13.5. The van der Waals surface area contributed by atoms with Crippen LogP contribution in [-0.2, 0) is 14.8 Å². The maximum atomic E-state index is 12.5. The first-order chi connectivity index (χ1) is 17.3. The average Bonchev–Trinajstić information content (AvgIpc) is 3.61. The van der Waals surface area contributed by atoms with Gasteiger partial charge in [-0.2, -0.15) is 9.19 Å². The van der Waals surface area contributed by atoms with Crippen LogP contribution in [0.2, 0.25) is 0 Å². The molecule has 10 nitrogen and oxygen atoms in total. The zero-order chi connectivity index (χ0) is 25.3. The Morgan fingerprint density at radius 3 is 2.67 bits per heavy atom. The number of hydrogen-bond donors (Lipinski definition) is 2. The summed E-state index contributed by atoms with van der Waals surface area (Å²) in [5.74, 6) is 8.40. The van der Waals surface area contributed by atoms with Crippen molar-refractivity contribution in [2.24, 2.45) is 5.92 Å². The van der Waals surface area contributed by atoms with E-state index in [2.05, 4.69) is 37.2 Å². The molecule has 0 unspecified atom stereocenters. The molecule has 3 aromatic heterocycles. The van der Waals surface area contributed by atoms with E-state index >= 15 is 0 Å². The highest BCUT2D eigenvalue weighted by molar-refractivity contribution is 7.90. The highest BCUT2D eigenvalue weighted by Gasteiger charge is 2.37. The van der Waals surface area contributed by atoms with Crippen LogP contribution in [0.15, 0.2) is 30.9 Å². The lowest BCUT2D eigenvalue weighted by molar-refractivity contribution is 0.0807. The van der Waals surface area contributed by atoms with Crippen LogP contribution >= 0.6 is 0 Å². The Morgan fingerprint density at radius 1 is 1.17 bits per heavy atom. The third-order valence-electron chi connectivity index (χ3n) is 6.29. The molecule has 3 aromatic rings. The van der Waals surface area contributed by atoms with Gasteiger partial charge < -0.3 is 15.8 Å². The molecule has 1 saturated heterocycles. The fraction of sp³-hybridized carbons (Fsp3) is 0.440. The minimum absolute atomic E-state index is 0.0944. The number of anilines is 3. The lowest BCUT2D eigenvalue weighted by Crippen LogP contribution is -2.17. The summed E-state index contributed by atoms with van der Waals surface area (Å²) in [5, 5.41) is 6.93. The summed E-state index contributed by atoms with van der Waals surface area (Å²) < 4.78 is 31.3. The topological polar surface area (TPSA) is 138 Å². The number of ether oxygens (including phenoxy) is 1. The Balaban J connectivity index is 1.40. The standard InChI is InChI=1S/C25H29N7O3S/c1-16(2)22-23(26)18(4-3-17-8-11-35-12-9-17)13-28-25(22)31-21-7-10-27-24(30-21)19-14-29-32(15-19)36(33,34)20-5-6-20/h7,10,13-17,20H,5-6,8-9,11-12H2,1-2H3,(H3,26,27,28,30,31). The van der Waals surface area contributed by atoms with Gasteiger partial charge in [0.15, 0.2) is 5.82 Å². The monoisotopic (exact) mass is 507 g/mol. The van der Waals surface area contributed by atoms with Crippen molar-refractivity contribution in [3.05, 3.63) is 42.0 Å². The molecule has 1 aliphatic carbocycles. The average molecular weight is 508 g/mol. The first-order valence-corrected chi connectivity index (χ1v) is 13.6. The van der Waals surface area contributed by atoms with Crippen LogP contribution in [0.4, 0.5) is 17.3 Å². The second-order valence-corrected chi connectivity index (χ2v) is 11.5. The van der Waals surface area contributed by atoms with Crippen molar-refractivity contribution in [3.63, 3.8) is 0 Å². The van der Waals surface area contributed by atoms with Crippen molar-refractivity contribution in [1.29, 1.82) is 0 Å². The molecule has 0 spiro atoms. The molecule has 0 amide bonds. The van der Waals surface area contributed by atoms with Gasteiger partial charge in [-0.3, -0.25) is 0 Å². The van der Waals surface area contributed by atoms with Crippen molar-refractivity contribution in [2.75, 3.05) is 24.3 Å². The van der Waals surface area contributed by atoms with E-state index in [-0.39, 0.29) is 11.2 Å². The van der Waals surface area contributed by atoms with Gasteiger partial charge in [0.2, 0.25) is 0 Å². The maximum absolute atomic E-state index is 12.5. The zero-order valence-corrected chi connectivity index (χ0v) is 21.1. The number of nitrogens with two attached hydrogens (primary N) is 1. The summed E-state index contributed by atoms with van der Waals surface area (Å²) in [6.45, 7) is 5.58. The molecule has 1 aliphatic heterocycles. The molecular weight excluding hydrogens is 478 g/mol. The second kappa shape index (κ2) is 9.87. The number of nitrogens with zero attached hydrogens (tertiary/aromatic N) is 5. The largest absolute Gasteiger partial charge is 0.397 e. The molecule has 36 heavy (non-hydrogen) atoms. The molecule has 3 N–H and O–H groups in total. The van der Waals surface area contributed by atoms with Gasteiger partial charge in [0.1, 0.15) is 11.6 Å². The molecule has 0 atom stereocenters. The summed E-state index contributed by atoms with van der Waals surface area (Å²) in [6, 6.07) is 1.72. The van der Waals surface area contributed by atoms with Crippen molar-refractivity contribution in [2.45, 2.75) is 50.7 Å². The first-order valence-electron chi connectivity index (χ1n) is 12.1. The van der Waals surface area contributed by atoms with Crippen molar-refractivity contribution >= 4 is 27.3 Å². The Morgan fingerprint density at radius 2 is 1.94 bits per heavy atom. The van der Waals surface area contributed by atoms with Gasteiger partial charge in [0.25, 0.3) is 10.0 Å². The molecule has 0 bridgehead atoms. The minimum Gasteiger partial charge on any atom is -0.397 e. The Kier molecular flexibility index (Phi) is 6.64. The van der Waals surface area contributed by atoms with Gasteiger partial charge in [-0.1, -0.05) is 25.7 Å². The second-order valence-electron chi connectivity index (χ2n) is 9.39. The minimum atomic E-state index is -3.45. The predicted octanol–water partition coefficient (Wildman–Crippen LogP) is 3.30. The van der Waals surface area contributed by atoms with E-state index in [0.717, 1.165) is 35.7 Å². The van der Waals surface area contributed by atoms with E-state index < -0.39 is 10.0 Å². The molecule has 2 fully saturated rings. The fourth-order valence-corrected chi connectivity index (χ4v) is 5.59. The van der Waals surface area contributed by atoms with Crippen molar-refractivity contribution < 1.29 is 13.2 Å². The molecule has 5 rings (SSSR count). The van der Waals surface area contributed by atoms with Crippen molar-refractivity contribution in [1.82, 2.24) is 24.1 Å². The van der Waals surface area contributed by atoms with Crippen LogP contribution in [0.3, 0.4) is 0 Å². The van der Waals surface area contributed by atoms with Gasteiger partial charge in [-0.25, -0.2) is 23.4 Å². The first kappa shape index (κ1) is 24.2. The van der Waals surface area contributed by atoms with Gasteiger partial charge in [0, 0.05) is 37.1 Å². The molecule has 0 radical (unpaired) electrons. The van der Waals surface area contributed by atoms with Crippen LogP contribution in [0, 0.1) is 17.8 Å². The summed E-state index contributed by atoms with van der Waals surface area (Å²) in [7, 11) is -3.45. The van der Waals surface area contributed by atoms with E-state index in [0.29, 0.717) is 53.0 Å². The van der Waals surface area contributed by atoms with E-state index in [4.69, 9.17) is 10.5 Å². The molecule has 11 heteroatoms. The highest BCUT2D eigenvalue weighted by atomic mass is 32.2. The molecule has 0 aromatic carbocycles. The fourth-order valence-electron chi connectivity index (χ4n) is 4.11. The van der Waals surface area contributed by atoms with Gasteiger partial charge in [-0.05, 0) is 37.7 Å². The number of nitrogen functional groups attached to an aromatic ring is 1. The van der Waals surface area contributed by atoms with E-state index in [1.54, 1.807) is 18.5 Å². The number of nitrogens with one attached hydrogen (secondary N) is 1. The number of pyridine rings is 1. The molecule has 2 aliphatic rings. The molecule has 188 valence electrons. The smallest absolute Gasteiger partial charge is 0.256 e. The SMILES string of the molecule is CC(C)c1c(Nc2ccnc(-c3cnn(S(=O)(=O)C4CC4)c3)n2)ncc(C#CC2CCOCC2)c1N. The van der Waals surface area contributed by atoms with Crippen LogP contribution in [-0.4, -0.2) is 51.0 Å². The van der Waals surface area contributed by atoms with E-state index in [9.17, 15) is 8.42 Å². The summed E-state index contributed by atoms with van der Waals surface area (Å²) >= 11 is 0. The van der Waals surface area contributed by atoms with Gasteiger partial charge in [-0.15, -0.1) is 0 Å². The number of hydrogen-bond acceptors (Lipinski definition) is 9. The maximum Gasteiger partial charge on any atom is 0.256 e. The number of aromatic nitrogens is 5. The van der Waals surface area contributed by atoms with E-state index in [1.165, 1.54) is 12.4 Å². The van der Waals surface area contributed by atoms with Crippen LogP contribution < -0.4 is 11.1 Å². The van der Waals surface area contributed by atoms with Gasteiger partial charge in [0.05, 0.1) is 34.5 Å². The summed E-state index contributed by atoms with van der Waals surface area (Å²) in [6.07, 6.45) is 9.39. The Labute approximate surface area is 210 Å². The van der Waals surface area contributed by atoms with Crippen LogP contribution in [0.5, 0.6) is 0 Å². The number of rotatable bonds is 6. The third kappa shape index (κ3) is 5.05. The molecule has 1 saturated carbocycles. The Bertz CT molecular complexity index is 1430. The zero-order valence-electron chi connectivity index (χ0n) is 20.3. The molecular formula is C25H29N7O3S. The van der Waals surface area contributed by atoms with Crippen LogP contribution in [0.1, 0.15) is 56.6 Å². The van der Waals surface area contributed by atoms with Gasteiger partial charge >= 0.3 is 0 Å². The normalized spacial score (nSPS) is 16.5. The van der Waals surface area contributed by atoms with E-state index in [1.807, 2.05) is 13.8 Å². The predicted molar refractivity (Wildman–Crippen MR) is 137 cm³/mol. The highest BCUT2D eigenvalue weighted by Crippen LogP contribution is 2.33. The Hall–Kier alpha value is -3.49. The molecule has 4 heterocycles. The lowest BCUT2D eigenvalue weighted by atomic mass is 9.98.